The van der Waals surface area contributed by atoms with Crippen molar-refractivity contribution < 1.29 is 14.3 Å². The Hall–Kier alpha value is -2.18. The van der Waals surface area contributed by atoms with E-state index in [9.17, 15) is 9.59 Å². The van der Waals surface area contributed by atoms with Crippen LogP contribution in [0.3, 0.4) is 0 Å². The molecular weight excluding hydrogens is 336 g/mol. The summed E-state index contributed by atoms with van der Waals surface area (Å²) in [6.45, 7) is 1.71. The average Bonchev–Trinajstić information content (AvgIpc) is 3.36. The van der Waals surface area contributed by atoms with Crippen molar-refractivity contribution in [1.82, 2.24) is 10.2 Å². The van der Waals surface area contributed by atoms with E-state index in [1.54, 1.807) is 22.3 Å². The van der Waals surface area contributed by atoms with Crippen LogP contribution in [-0.2, 0) is 16.1 Å². The number of carbonyl (C=O) groups is 2. The molecule has 2 aliphatic rings. The summed E-state index contributed by atoms with van der Waals surface area (Å²) in [7, 11) is 0. The van der Waals surface area contributed by atoms with E-state index in [1.165, 1.54) is 0 Å². The highest BCUT2D eigenvalue weighted by Crippen LogP contribution is 2.35. The van der Waals surface area contributed by atoms with Gasteiger partial charge in [0.05, 0.1) is 12.6 Å². The van der Waals surface area contributed by atoms with Crippen molar-refractivity contribution in [2.45, 2.75) is 31.5 Å². The molecule has 130 valence electrons. The fourth-order valence-electron chi connectivity index (χ4n) is 3.50. The molecule has 0 unspecified atom stereocenters. The fourth-order valence-corrected chi connectivity index (χ4v) is 4.21. The van der Waals surface area contributed by atoms with E-state index in [0.29, 0.717) is 18.7 Å². The minimum Gasteiger partial charge on any atom is -0.376 e. The summed E-state index contributed by atoms with van der Waals surface area (Å²) >= 11 is 1.59. The molecule has 25 heavy (non-hydrogen) atoms. The van der Waals surface area contributed by atoms with Gasteiger partial charge in [-0.25, -0.2) is 0 Å². The number of fused-ring (bicyclic) bond motifs is 1. The molecular formula is C19H20N2O3S. The van der Waals surface area contributed by atoms with E-state index in [2.05, 4.69) is 5.32 Å². The molecule has 0 bridgehead atoms. The molecule has 1 N–H and O–H groups in total. The van der Waals surface area contributed by atoms with Gasteiger partial charge in [-0.1, -0.05) is 24.3 Å². The van der Waals surface area contributed by atoms with Gasteiger partial charge in [0.15, 0.2) is 0 Å². The molecule has 2 atom stereocenters. The molecule has 0 spiro atoms. The molecule has 2 aliphatic heterocycles. The number of carbonyl (C=O) groups excluding carboxylic acids is 2. The number of thiophene rings is 1. The predicted molar refractivity (Wildman–Crippen MR) is 95.4 cm³/mol. The standard InChI is InChI=1S/C19H20N2O3S/c22-18(20-11-13-5-3-9-24-13)17-15-7-1-2-8-16(15)19(23)21(17)12-14-6-4-10-25-14/h1-2,4,6-8,10,13,17H,3,5,9,11-12H2,(H,20,22)/t13-,17-/m0/s1. The van der Waals surface area contributed by atoms with Crippen LogP contribution in [0.25, 0.3) is 0 Å². The maximum atomic E-state index is 12.9. The Labute approximate surface area is 150 Å². The lowest BCUT2D eigenvalue weighted by molar-refractivity contribution is -0.126. The molecule has 4 rings (SSSR count). The van der Waals surface area contributed by atoms with E-state index >= 15 is 0 Å². The number of amides is 2. The summed E-state index contributed by atoms with van der Waals surface area (Å²) in [5.74, 6) is -0.216. The first-order valence-corrected chi connectivity index (χ1v) is 9.43. The molecule has 0 radical (unpaired) electrons. The highest BCUT2D eigenvalue weighted by molar-refractivity contribution is 7.09. The predicted octanol–water partition coefficient (Wildman–Crippen LogP) is 2.74. The van der Waals surface area contributed by atoms with Crippen LogP contribution in [0.1, 0.15) is 39.7 Å². The molecule has 5 nitrogen and oxygen atoms in total. The number of ether oxygens (including phenoxy) is 1. The largest absolute Gasteiger partial charge is 0.376 e. The van der Waals surface area contributed by atoms with Crippen LogP contribution in [0.2, 0.25) is 0 Å². The van der Waals surface area contributed by atoms with Gasteiger partial charge in [-0.05, 0) is 35.9 Å². The van der Waals surface area contributed by atoms with E-state index in [4.69, 9.17) is 4.74 Å². The summed E-state index contributed by atoms with van der Waals surface area (Å²) < 4.78 is 5.58. The van der Waals surface area contributed by atoms with Gasteiger partial charge in [0, 0.05) is 23.6 Å². The number of nitrogens with zero attached hydrogens (tertiary/aromatic N) is 1. The number of hydrogen-bond donors (Lipinski definition) is 1. The van der Waals surface area contributed by atoms with E-state index in [0.717, 1.165) is 29.9 Å². The van der Waals surface area contributed by atoms with Gasteiger partial charge in [0.1, 0.15) is 6.04 Å². The van der Waals surface area contributed by atoms with Crippen LogP contribution in [-0.4, -0.2) is 36.0 Å². The van der Waals surface area contributed by atoms with Crippen molar-refractivity contribution in [3.05, 3.63) is 57.8 Å². The van der Waals surface area contributed by atoms with Gasteiger partial charge < -0.3 is 15.0 Å². The molecule has 0 aliphatic carbocycles. The zero-order valence-corrected chi connectivity index (χ0v) is 14.6. The third kappa shape index (κ3) is 3.19. The maximum Gasteiger partial charge on any atom is 0.255 e. The first kappa shape index (κ1) is 16.3. The minimum absolute atomic E-state index is 0.0822. The van der Waals surface area contributed by atoms with Crippen LogP contribution in [0.4, 0.5) is 0 Å². The molecule has 6 heteroatoms. The van der Waals surface area contributed by atoms with Crippen LogP contribution < -0.4 is 5.32 Å². The molecule has 0 saturated carbocycles. The number of hydrogen-bond acceptors (Lipinski definition) is 4. The Balaban J connectivity index is 1.56. The van der Waals surface area contributed by atoms with Crippen LogP contribution in [0.15, 0.2) is 41.8 Å². The van der Waals surface area contributed by atoms with E-state index in [1.807, 2.05) is 35.7 Å². The first-order chi connectivity index (χ1) is 12.2. The van der Waals surface area contributed by atoms with Crippen molar-refractivity contribution >= 4 is 23.2 Å². The summed E-state index contributed by atoms with van der Waals surface area (Å²) in [6.07, 6.45) is 2.09. The first-order valence-electron chi connectivity index (χ1n) is 8.55. The van der Waals surface area contributed by atoms with Crippen molar-refractivity contribution in [1.29, 1.82) is 0 Å². The Morgan fingerprint density at radius 2 is 2.16 bits per heavy atom. The van der Waals surface area contributed by atoms with Gasteiger partial charge in [-0.15, -0.1) is 11.3 Å². The molecule has 2 aromatic rings. The normalized spacial score (nSPS) is 22.2. The van der Waals surface area contributed by atoms with E-state index in [-0.39, 0.29) is 17.9 Å². The van der Waals surface area contributed by atoms with Crippen molar-refractivity contribution in [2.75, 3.05) is 13.2 Å². The molecule has 2 amide bonds. The zero-order valence-electron chi connectivity index (χ0n) is 13.8. The summed E-state index contributed by atoms with van der Waals surface area (Å²) in [5, 5.41) is 4.96. The lowest BCUT2D eigenvalue weighted by Gasteiger charge is -2.24. The van der Waals surface area contributed by atoms with Gasteiger partial charge >= 0.3 is 0 Å². The van der Waals surface area contributed by atoms with Crippen LogP contribution >= 0.6 is 11.3 Å². The third-order valence-electron chi connectivity index (χ3n) is 4.74. The Morgan fingerprint density at radius 1 is 1.28 bits per heavy atom. The Kier molecular flexibility index (Phi) is 4.55. The van der Waals surface area contributed by atoms with Crippen molar-refractivity contribution in [2.24, 2.45) is 0 Å². The van der Waals surface area contributed by atoms with Gasteiger partial charge in [-0.2, -0.15) is 0 Å². The Morgan fingerprint density at radius 3 is 2.92 bits per heavy atom. The summed E-state index contributed by atoms with van der Waals surface area (Å²) in [6, 6.07) is 10.8. The summed E-state index contributed by atoms with van der Waals surface area (Å²) in [4.78, 5) is 28.5. The highest BCUT2D eigenvalue weighted by Gasteiger charge is 2.41. The third-order valence-corrected chi connectivity index (χ3v) is 5.60. The second-order valence-corrected chi connectivity index (χ2v) is 7.41. The number of rotatable bonds is 5. The van der Waals surface area contributed by atoms with Crippen LogP contribution in [0.5, 0.6) is 0 Å². The minimum atomic E-state index is -0.577. The van der Waals surface area contributed by atoms with Crippen LogP contribution in [0, 0.1) is 0 Å². The average molecular weight is 356 g/mol. The van der Waals surface area contributed by atoms with Crippen molar-refractivity contribution in [3.8, 4) is 0 Å². The second-order valence-electron chi connectivity index (χ2n) is 6.38. The topological polar surface area (TPSA) is 58.6 Å². The lowest BCUT2D eigenvalue weighted by atomic mass is 10.0. The number of nitrogens with one attached hydrogen (secondary N) is 1. The molecule has 1 saturated heterocycles. The molecule has 1 aromatic carbocycles. The fraction of sp³-hybridized carbons (Fsp3) is 0.368. The SMILES string of the molecule is O=C(NC[C@@H]1CCCO1)[C@@H]1c2ccccc2C(=O)N1Cc1cccs1. The summed E-state index contributed by atoms with van der Waals surface area (Å²) in [5.41, 5.74) is 1.41. The van der Waals surface area contributed by atoms with Crippen molar-refractivity contribution in [3.63, 3.8) is 0 Å². The highest BCUT2D eigenvalue weighted by atomic mass is 32.1. The van der Waals surface area contributed by atoms with Gasteiger partial charge in [-0.3, -0.25) is 9.59 Å². The van der Waals surface area contributed by atoms with Gasteiger partial charge in [0.2, 0.25) is 5.91 Å². The maximum absolute atomic E-state index is 12.9. The smallest absolute Gasteiger partial charge is 0.255 e. The molecule has 1 aromatic heterocycles. The molecule has 3 heterocycles. The van der Waals surface area contributed by atoms with E-state index < -0.39 is 6.04 Å². The lowest BCUT2D eigenvalue weighted by Crippen LogP contribution is -2.41. The zero-order chi connectivity index (χ0) is 17.2. The monoisotopic (exact) mass is 356 g/mol. The second kappa shape index (κ2) is 6.98. The Bertz CT molecular complexity index is 769. The quantitative estimate of drug-likeness (QED) is 0.896. The molecule has 1 fully saturated rings. The number of benzene rings is 1. The van der Waals surface area contributed by atoms with Gasteiger partial charge in [0.25, 0.3) is 5.91 Å².